The lowest BCUT2D eigenvalue weighted by Gasteiger charge is -2.04. The Kier molecular flexibility index (Phi) is 3.02. The van der Waals surface area contributed by atoms with Crippen LogP contribution in [0.15, 0.2) is 18.2 Å². The molecule has 0 spiro atoms. The first-order valence-corrected chi connectivity index (χ1v) is 3.61. The van der Waals surface area contributed by atoms with Crippen LogP contribution in [0, 0.1) is 18.6 Å². The minimum atomic E-state index is -0.551. The maximum Gasteiger partial charge on any atom is 0.165 e. The Morgan fingerprint density at radius 3 is 2.75 bits per heavy atom. The summed E-state index contributed by atoms with van der Waals surface area (Å²) < 4.78 is 30.2. The standard InChI is InChI=1S/C9H9F2O/c1-2-5-12-9-6-7(10)3-4-8(9)11/h3-4,6H,1-2,5H2. The van der Waals surface area contributed by atoms with Gasteiger partial charge in [-0.2, -0.15) is 0 Å². The quantitative estimate of drug-likeness (QED) is 0.679. The third-order valence-corrected chi connectivity index (χ3v) is 1.30. The second-order valence-electron chi connectivity index (χ2n) is 2.28. The lowest BCUT2D eigenvalue weighted by molar-refractivity contribution is 0.305. The van der Waals surface area contributed by atoms with E-state index < -0.39 is 11.6 Å². The molecule has 1 rings (SSSR count). The molecule has 0 bridgehead atoms. The lowest BCUT2D eigenvalue weighted by Crippen LogP contribution is -1.97. The fourth-order valence-electron chi connectivity index (χ4n) is 0.770. The largest absolute Gasteiger partial charge is 0.490 e. The summed E-state index contributed by atoms with van der Waals surface area (Å²) in [5.74, 6) is -1.11. The molecule has 0 amide bonds. The van der Waals surface area contributed by atoms with E-state index in [9.17, 15) is 8.78 Å². The fraction of sp³-hybridized carbons (Fsp3) is 0.222. The van der Waals surface area contributed by atoms with Crippen molar-refractivity contribution in [1.29, 1.82) is 0 Å². The number of hydrogen-bond acceptors (Lipinski definition) is 1. The molecule has 0 atom stereocenters. The summed E-state index contributed by atoms with van der Waals surface area (Å²) in [6.07, 6.45) is 0.524. The molecule has 0 aliphatic heterocycles. The average molecular weight is 171 g/mol. The smallest absolute Gasteiger partial charge is 0.165 e. The van der Waals surface area contributed by atoms with Crippen LogP contribution in [-0.4, -0.2) is 6.61 Å². The number of rotatable bonds is 3. The third-order valence-electron chi connectivity index (χ3n) is 1.30. The van der Waals surface area contributed by atoms with Gasteiger partial charge in [-0.05, 0) is 25.5 Å². The molecule has 1 radical (unpaired) electrons. The highest BCUT2D eigenvalue weighted by Gasteiger charge is 2.03. The minimum absolute atomic E-state index is 0.0568. The van der Waals surface area contributed by atoms with Crippen molar-refractivity contribution < 1.29 is 13.5 Å². The van der Waals surface area contributed by atoms with Crippen LogP contribution in [-0.2, 0) is 0 Å². The van der Waals surface area contributed by atoms with E-state index in [-0.39, 0.29) is 5.75 Å². The predicted octanol–water partition coefficient (Wildman–Crippen LogP) is 2.57. The molecule has 0 N–H and O–H groups in total. The minimum Gasteiger partial charge on any atom is -0.490 e. The van der Waals surface area contributed by atoms with Gasteiger partial charge >= 0.3 is 0 Å². The maximum absolute atomic E-state index is 12.8. The molecule has 0 saturated heterocycles. The van der Waals surface area contributed by atoms with Gasteiger partial charge in [0.2, 0.25) is 0 Å². The van der Waals surface area contributed by atoms with Crippen molar-refractivity contribution >= 4 is 0 Å². The van der Waals surface area contributed by atoms with Gasteiger partial charge in [0.05, 0.1) is 6.61 Å². The molecular formula is C9H9F2O. The molecule has 0 aromatic heterocycles. The van der Waals surface area contributed by atoms with Crippen LogP contribution in [0.5, 0.6) is 5.75 Å². The van der Waals surface area contributed by atoms with Gasteiger partial charge in [-0.15, -0.1) is 0 Å². The summed E-state index contributed by atoms with van der Waals surface area (Å²) in [5, 5.41) is 0. The monoisotopic (exact) mass is 171 g/mol. The molecule has 1 aromatic rings. The van der Waals surface area contributed by atoms with Gasteiger partial charge in [0.15, 0.2) is 11.6 Å². The first kappa shape index (κ1) is 8.97. The Balaban J connectivity index is 2.75. The molecule has 1 aromatic carbocycles. The van der Waals surface area contributed by atoms with Gasteiger partial charge in [0, 0.05) is 6.07 Å². The van der Waals surface area contributed by atoms with Crippen molar-refractivity contribution in [3.05, 3.63) is 36.8 Å². The first-order valence-electron chi connectivity index (χ1n) is 3.61. The third kappa shape index (κ3) is 2.19. The lowest BCUT2D eigenvalue weighted by atomic mass is 10.3. The van der Waals surface area contributed by atoms with Gasteiger partial charge in [-0.3, -0.25) is 0 Å². The average Bonchev–Trinajstić information content (AvgIpc) is 2.07. The zero-order valence-electron chi connectivity index (χ0n) is 6.52. The van der Waals surface area contributed by atoms with Gasteiger partial charge in [-0.1, -0.05) is 0 Å². The Bertz CT molecular complexity index is 261. The SMILES string of the molecule is [CH2]CCOc1cc(F)ccc1F. The van der Waals surface area contributed by atoms with Crippen molar-refractivity contribution in [2.45, 2.75) is 6.42 Å². The van der Waals surface area contributed by atoms with Gasteiger partial charge < -0.3 is 4.74 Å². The van der Waals surface area contributed by atoms with Crippen LogP contribution < -0.4 is 4.74 Å². The van der Waals surface area contributed by atoms with Crippen molar-refractivity contribution in [3.8, 4) is 5.75 Å². The summed E-state index contributed by atoms with van der Waals surface area (Å²) in [6, 6.07) is 3.10. The highest BCUT2D eigenvalue weighted by Crippen LogP contribution is 2.17. The van der Waals surface area contributed by atoms with Crippen molar-refractivity contribution in [3.63, 3.8) is 0 Å². The molecule has 0 fully saturated rings. The van der Waals surface area contributed by atoms with E-state index in [0.29, 0.717) is 13.0 Å². The van der Waals surface area contributed by atoms with E-state index in [1.807, 2.05) is 0 Å². The summed E-state index contributed by atoms with van der Waals surface area (Å²) in [7, 11) is 0. The Morgan fingerprint density at radius 2 is 2.08 bits per heavy atom. The van der Waals surface area contributed by atoms with Crippen LogP contribution in [0.1, 0.15) is 6.42 Å². The van der Waals surface area contributed by atoms with Crippen LogP contribution >= 0.6 is 0 Å². The Morgan fingerprint density at radius 1 is 1.33 bits per heavy atom. The van der Waals surface area contributed by atoms with E-state index in [1.165, 1.54) is 0 Å². The molecule has 0 unspecified atom stereocenters. The van der Waals surface area contributed by atoms with E-state index in [2.05, 4.69) is 6.92 Å². The summed E-state index contributed by atoms with van der Waals surface area (Å²) in [4.78, 5) is 0. The van der Waals surface area contributed by atoms with Crippen molar-refractivity contribution in [2.75, 3.05) is 6.61 Å². The van der Waals surface area contributed by atoms with Gasteiger partial charge in [0.1, 0.15) is 5.82 Å². The molecule has 0 saturated carbocycles. The topological polar surface area (TPSA) is 9.23 Å². The van der Waals surface area contributed by atoms with Gasteiger partial charge in [0.25, 0.3) is 0 Å². The highest BCUT2D eigenvalue weighted by molar-refractivity contribution is 5.24. The molecule has 12 heavy (non-hydrogen) atoms. The molecular weight excluding hydrogens is 162 g/mol. The zero-order valence-corrected chi connectivity index (χ0v) is 6.52. The summed E-state index contributed by atoms with van der Waals surface area (Å²) >= 11 is 0. The first-order chi connectivity index (χ1) is 5.74. The molecule has 65 valence electrons. The van der Waals surface area contributed by atoms with E-state index in [0.717, 1.165) is 18.2 Å². The number of hydrogen-bond donors (Lipinski definition) is 0. The normalized spacial score (nSPS) is 9.92. The number of ether oxygens (including phenoxy) is 1. The number of benzene rings is 1. The van der Waals surface area contributed by atoms with E-state index >= 15 is 0 Å². The van der Waals surface area contributed by atoms with Gasteiger partial charge in [-0.25, -0.2) is 8.78 Å². The predicted molar refractivity (Wildman–Crippen MR) is 41.8 cm³/mol. The van der Waals surface area contributed by atoms with Crippen molar-refractivity contribution in [1.82, 2.24) is 0 Å². The molecule has 3 heteroatoms. The van der Waals surface area contributed by atoms with Crippen LogP contribution in [0.4, 0.5) is 8.78 Å². The summed E-state index contributed by atoms with van der Waals surface area (Å²) in [5.41, 5.74) is 0. The maximum atomic E-state index is 12.8. The van der Waals surface area contributed by atoms with E-state index in [1.54, 1.807) is 0 Å². The second kappa shape index (κ2) is 4.04. The molecule has 0 aliphatic carbocycles. The molecule has 0 aliphatic rings. The van der Waals surface area contributed by atoms with Crippen LogP contribution in [0.2, 0.25) is 0 Å². The second-order valence-corrected chi connectivity index (χ2v) is 2.28. The van der Waals surface area contributed by atoms with Crippen molar-refractivity contribution in [2.24, 2.45) is 0 Å². The summed E-state index contributed by atoms with van der Waals surface area (Å²) in [6.45, 7) is 3.80. The van der Waals surface area contributed by atoms with Crippen LogP contribution in [0.3, 0.4) is 0 Å². The molecule has 0 heterocycles. The number of halogens is 2. The molecule has 1 nitrogen and oxygen atoms in total. The highest BCUT2D eigenvalue weighted by atomic mass is 19.1. The zero-order chi connectivity index (χ0) is 8.97. The van der Waals surface area contributed by atoms with E-state index in [4.69, 9.17) is 4.74 Å². The Labute approximate surface area is 70.0 Å². The van der Waals surface area contributed by atoms with Crippen LogP contribution in [0.25, 0.3) is 0 Å². The Hall–Kier alpha value is -1.12. The fourth-order valence-corrected chi connectivity index (χ4v) is 0.770.